The highest BCUT2D eigenvalue weighted by molar-refractivity contribution is 14.1. The summed E-state index contributed by atoms with van der Waals surface area (Å²) in [5, 5.41) is 0. The van der Waals surface area contributed by atoms with E-state index in [1.165, 1.54) is 12.1 Å². The number of methoxy groups -OCH3 is 1. The fraction of sp³-hybridized carbons (Fsp3) is 0.600. The number of ether oxygens (including phenoxy) is 1. The van der Waals surface area contributed by atoms with Crippen LogP contribution >= 0.6 is 22.6 Å². The molecule has 0 aliphatic carbocycles. The Labute approximate surface area is 173 Å². The number of hydrogen-bond acceptors (Lipinski definition) is 1. The molecule has 1 rings (SSSR count). The van der Waals surface area contributed by atoms with Gasteiger partial charge in [-0.05, 0) is 40.3 Å². The van der Waals surface area contributed by atoms with Crippen molar-refractivity contribution in [2.45, 2.75) is 48.3 Å². The second-order valence-corrected chi connectivity index (χ2v) is 7.23. The summed E-state index contributed by atoms with van der Waals surface area (Å²) < 4.78 is 175. The van der Waals surface area contributed by atoms with E-state index in [1.807, 2.05) is 0 Å². The predicted octanol–water partition coefficient (Wildman–Crippen LogP) is 7.11. The molecule has 1 atom stereocenters. The summed E-state index contributed by atoms with van der Waals surface area (Å²) in [7, 11) is 0.670. The van der Waals surface area contributed by atoms with Gasteiger partial charge in [-0.3, -0.25) is 0 Å². The van der Waals surface area contributed by atoms with Gasteiger partial charge in [-0.1, -0.05) is 12.1 Å². The van der Waals surface area contributed by atoms with E-state index in [0.717, 1.165) is 12.1 Å². The molecule has 0 amide bonds. The smallest absolute Gasteiger partial charge is 0.377 e. The van der Waals surface area contributed by atoms with Crippen LogP contribution in [0.3, 0.4) is 0 Å². The fourth-order valence-electron chi connectivity index (χ4n) is 2.21. The Morgan fingerprint density at radius 1 is 0.767 bits per heavy atom. The zero-order chi connectivity index (χ0) is 24.0. The molecule has 0 saturated carbocycles. The second kappa shape index (κ2) is 8.16. The number of alkyl halides is 13. The lowest BCUT2D eigenvalue weighted by Gasteiger charge is -2.40. The molecule has 0 N–H and O–H groups in total. The lowest BCUT2D eigenvalue weighted by molar-refractivity contribution is -0.440. The third-order valence-corrected chi connectivity index (χ3v) is 4.62. The van der Waals surface area contributed by atoms with Gasteiger partial charge >= 0.3 is 35.8 Å². The highest BCUT2D eigenvalue weighted by atomic mass is 127. The Morgan fingerprint density at radius 2 is 1.23 bits per heavy atom. The molecule has 0 saturated heterocycles. The van der Waals surface area contributed by atoms with Gasteiger partial charge in [-0.25, -0.2) is 0 Å². The Bertz CT molecular complexity index is 744. The van der Waals surface area contributed by atoms with Gasteiger partial charge in [0.05, 0.1) is 6.10 Å². The largest absolute Gasteiger partial charge is 0.460 e. The van der Waals surface area contributed by atoms with Crippen LogP contribution in [0.1, 0.15) is 18.1 Å². The maximum atomic E-state index is 14.0. The third-order valence-electron chi connectivity index (χ3n) is 3.95. The van der Waals surface area contributed by atoms with Crippen LogP contribution in [0, 0.1) is 3.57 Å². The van der Waals surface area contributed by atoms with Crippen LogP contribution in [0.25, 0.3) is 0 Å². The Morgan fingerprint density at radius 3 is 1.63 bits per heavy atom. The van der Waals surface area contributed by atoms with Gasteiger partial charge in [0.2, 0.25) is 0 Å². The monoisotopic (exact) mass is 580 g/mol. The van der Waals surface area contributed by atoms with E-state index in [4.69, 9.17) is 0 Å². The number of halogens is 14. The molecule has 1 aromatic carbocycles. The summed E-state index contributed by atoms with van der Waals surface area (Å²) in [6.07, 6.45) is -12.0. The van der Waals surface area contributed by atoms with Crippen molar-refractivity contribution in [2.75, 3.05) is 7.11 Å². The van der Waals surface area contributed by atoms with Crippen molar-refractivity contribution >= 4 is 22.6 Å². The van der Waals surface area contributed by atoms with E-state index in [1.54, 1.807) is 22.6 Å². The first-order chi connectivity index (χ1) is 13.2. The van der Waals surface area contributed by atoms with Crippen molar-refractivity contribution in [2.24, 2.45) is 0 Å². The summed E-state index contributed by atoms with van der Waals surface area (Å²) in [5.74, 6) is -37.0. The first-order valence-electron chi connectivity index (χ1n) is 7.41. The van der Waals surface area contributed by atoms with E-state index in [9.17, 15) is 57.1 Å². The molecule has 0 aliphatic rings. The SMILES string of the molecule is COC(CC(F)(F)C(F)(F)C(F)(F)C(F)(F)C(F)(F)C(F)(F)F)c1cccc(I)c1. The maximum Gasteiger partial charge on any atom is 0.460 e. The van der Waals surface area contributed by atoms with Crippen LogP contribution in [0.4, 0.5) is 57.1 Å². The number of hydrogen-bond donors (Lipinski definition) is 0. The summed E-state index contributed by atoms with van der Waals surface area (Å²) in [6.45, 7) is 0. The van der Waals surface area contributed by atoms with Crippen LogP contribution in [-0.4, -0.2) is 42.9 Å². The molecular weight excluding hydrogens is 570 g/mol. The van der Waals surface area contributed by atoms with Gasteiger partial charge in [0.25, 0.3) is 0 Å². The lowest BCUT2D eigenvalue weighted by Crippen LogP contribution is -2.70. The van der Waals surface area contributed by atoms with E-state index >= 15 is 0 Å². The van der Waals surface area contributed by atoms with Crippen LogP contribution in [0.2, 0.25) is 0 Å². The van der Waals surface area contributed by atoms with Crippen LogP contribution in [-0.2, 0) is 4.74 Å². The van der Waals surface area contributed by atoms with E-state index in [0.29, 0.717) is 10.7 Å². The molecule has 1 nitrogen and oxygen atoms in total. The molecule has 0 bridgehead atoms. The van der Waals surface area contributed by atoms with Gasteiger partial charge in [0, 0.05) is 17.1 Å². The lowest BCUT2D eigenvalue weighted by atomic mass is 9.90. The quantitative estimate of drug-likeness (QED) is 0.236. The molecule has 0 aromatic heterocycles. The minimum Gasteiger partial charge on any atom is -0.377 e. The molecule has 1 unspecified atom stereocenters. The van der Waals surface area contributed by atoms with Crippen molar-refractivity contribution in [3.05, 3.63) is 33.4 Å². The molecule has 15 heteroatoms. The van der Waals surface area contributed by atoms with Crippen LogP contribution in [0.15, 0.2) is 24.3 Å². The summed E-state index contributed by atoms with van der Waals surface area (Å²) in [4.78, 5) is 0. The second-order valence-electron chi connectivity index (χ2n) is 5.98. The minimum absolute atomic E-state index is 0.296. The summed E-state index contributed by atoms with van der Waals surface area (Å²) in [6, 6.07) is 4.71. The van der Waals surface area contributed by atoms with E-state index in [2.05, 4.69) is 4.74 Å². The fourth-order valence-corrected chi connectivity index (χ4v) is 2.77. The van der Waals surface area contributed by atoms with Crippen LogP contribution in [0.5, 0.6) is 0 Å². The zero-order valence-electron chi connectivity index (χ0n) is 14.3. The highest BCUT2D eigenvalue weighted by Gasteiger charge is 2.90. The topological polar surface area (TPSA) is 9.23 Å². The molecule has 0 spiro atoms. The summed E-state index contributed by atoms with van der Waals surface area (Å²) in [5.41, 5.74) is -0.296. The van der Waals surface area contributed by atoms with Gasteiger partial charge in [-0.15, -0.1) is 0 Å². The molecule has 0 aliphatic heterocycles. The standard InChI is InChI=1S/C15H10F13IO/c1-30-9(7-3-2-4-8(29)5-7)6-10(16,17)11(18,19)12(20,21)13(22,23)14(24,25)15(26,27)28/h2-5,9H,6H2,1H3. The molecule has 174 valence electrons. The molecule has 0 fully saturated rings. The first kappa shape index (κ1) is 27.0. The Hall–Kier alpha value is -1.00. The predicted molar refractivity (Wildman–Crippen MR) is 84.3 cm³/mol. The van der Waals surface area contributed by atoms with Crippen molar-refractivity contribution in [3.8, 4) is 0 Å². The molecular formula is C15H10F13IO. The highest BCUT2D eigenvalue weighted by Crippen LogP contribution is 2.61. The number of benzene rings is 1. The van der Waals surface area contributed by atoms with Gasteiger partial charge in [0.1, 0.15) is 0 Å². The average molecular weight is 580 g/mol. The van der Waals surface area contributed by atoms with Gasteiger partial charge in [0.15, 0.2) is 0 Å². The van der Waals surface area contributed by atoms with E-state index < -0.39 is 48.3 Å². The maximum absolute atomic E-state index is 14.0. The zero-order valence-corrected chi connectivity index (χ0v) is 16.5. The van der Waals surface area contributed by atoms with Crippen molar-refractivity contribution < 1.29 is 61.8 Å². The van der Waals surface area contributed by atoms with Crippen molar-refractivity contribution in [1.82, 2.24) is 0 Å². The Kier molecular flexibility index (Phi) is 7.36. The van der Waals surface area contributed by atoms with Crippen LogP contribution < -0.4 is 0 Å². The minimum atomic E-state index is -7.91. The molecule has 0 heterocycles. The third kappa shape index (κ3) is 4.32. The van der Waals surface area contributed by atoms with Gasteiger partial charge in [-0.2, -0.15) is 57.1 Å². The number of rotatable bonds is 8. The average Bonchev–Trinajstić information content (AvgIpc) is 2.57. The van der Waals surface area contributed by atoms with Gasteiger partial charge < -0.3 is 4.74 Å². The van der Waals surface area contributed by atoms with Crippen molar-refractivity contribution in [1.29, 1.82) is 0 Å². The van der Waals surface area contributed by atoms with E-state index in [-0.39, 0.29) is 5.56 Å². The first-order valence-corrected chi connectivity index (χ1v) is 8.49. The molecule has 0 radical (unpaired) electrons. The molecule has 1 aromatic rings. The normalized spacial score (nSPS) is 16.0. The summed E-state index contributed by atoms with van der Waals surface area (Å²) >= 11 is 1.65. The molecule has 30 heavy (non-hydrogen) atoms. The van der Waals surface area contributed by atoms with Crippen molar-refractivity contribution in [3.63, 3.8) is 0 Å². The Balaban J connectivity index is 3.41.